The summed E-state index contributed by atoms with van der Waals surface area (Å²) in [4.78, 5) is 12.2. The maximum Gasteiger partial charge on any atom is 0.397 e. The molecule has 0 spiro atoms. The van der Waals surface area contributed by atoms with E-state index >= 15 is 0 Å². The number of carbonyl (C=O) groups is 1. The predicted molar refractivity (Wildman–Crippen MR) is 42.5 cm³/mol. The fourth-order valence-corrected chi connectivity index (χ4v) is 1.63. The van der Waals surface area contributed by atoms with Crippen LogP contribution in [-0.4, -0.2) is 41.3 Å². The third-order valence-electron chi connectivity index (χ3n) is 2.26. The molecule has 1 heterocycles. The Morgan fingerprint density at radius 3 is 2.64 bits per heavy atom. The highest BCUT2D eigenvalue weighted by Crippen LogP contribution is 2.24. The van der Waals surface area contributed by atoms with Crippen molar-refractivity contribution in [2.24, 2.45) is 0 Å². The quantitative estimate of drug-likeness (QED) is 0.737. The van der Waals surface area contributed by atoms with Crippen LogP contribution in [0.15, 0.2) is 0 Å². The zero-order valence-corrected chi connectivity index (χ0v) is 7.55. The number of aliphatic hydroxyl groups is 1. The van der Waals surface area contributed by atoms with Crippen LogP contribution in [0.25, 0.3) is 0 Å². The van der Waals surface area contributed by atoms with Gasteiger partial charge in [0.05, 0.1) is 12.6 Å². The van der Waals surface area contributed by atoms with Crippen LogP contribution >= 0.6 is 0 Å². The van der Waals surface area contributed by atoms with E-state index in [1.54, 1.807) is 0 Å². The topological polar surface area (TPSA) is 40.5 Å². The molecule has 1 aliphatic rings. The first-order chi connectivity index (χ1) is 6.44. The Morgan fingerprint density at radius 2 is 2.14 bits per heavy atom. The second-order valence-corrected chi connectivity index (χ2v) is 3.36. The highest BCUT2D eigenvalue weighted by molar-refractivity contribution is 5.77. The number of aliphatic hydroxyl groups excluding tert-OH is 1. The summed E-state index contributed by atoms with van der Waals surface area (Å²) in [5.41, 5.74) is 0. The van der Waals surface area contributed by atoms with Crippen molar-refractivity contribution in [1.82, 2.24) is 4.90 Å². The van der Waals surface area contributed by atoms with Crippen LogP contribution in [0.1, 0.15) is 19.3 Å². The molecule has 1 atom stereocenters. The van der Waals surface area contributed by atoms with Gasteiger partial charge in [0.2, 0.25) is 5.91 Å². The fourth-order valence-electron chi connectivity index (χ4n) is 1.63. The highest BCUT2D eigenvalue weighted by atomic mass is 19.4. The summed E-state index contributed by atoms with van der Waals surface area (Å²) in [6.45, 7) is 0.0593. The molecule has 0 aliphatic carbocycles. The van der Waals surface area contributed by atoms with Gasteiger partial charge in [-0.3, -0.25) is 4.79 Å². The molecule has 0 bridgehead atoms. The average Bonchev–Trinajstić information content (AvgIpc) is 2.47. The Kier molecular flexibility index (Phi) is 3.36. The third kappa shape index (κ3) is 2.87. The SMILES string of the molecule is O=C(CC(F)(F)F)N1CCCC1CO. The van der Waals surface area contributed by atoms with Crippen molar-refractivity contribution in [3.05, 3.63) is 0 Å². The number of amides is 1. The first-order valence-corrected chi connectivity index (χ1v) is 4.41. The van der Waals surface area contributed by atoms with Crippen LogP contribution < -0.4 is 0 Å². The molecule has 6 heteroatoms. The summed E-state index contributed by atoms with van der Waals surface area (Å²) in [6, 6.07) is -0.426. The minimum Gasteiger partial charge on any atom is -0.394 e. The van der Waals surface area contributed by atoms with Gasteiger partial charge in [-0.15, -0.1) is 0 Å². The number of alkyl halides is 3. The van der Waals surface area contributed by atoms with Crippen molar-refractivity contribution >= 4 is 5.91 Å². The first-order valence-electron chi connectivity index (χ1n) is 4.41. The molecule has 0 aromatic rings. The Balaban J connectivity index is 2.52. The molecule has 1 unspecified atom stereocenters. The minimum absolute atomic E-state index is 0.260. The van der Waals surface area contributed by atoms with E-state index in [0.29, 0.717) is 19.4 Å². The summed E-state index contributed by atoms with van der Waals surface area (Å²) >= 11 is 0. The lowest BCUT2D eigenvalue weighted by atomic mass is 10.2. The summed E-state index contributed by atoms with van der Waals surface area (Å²) < 4.78 is 35.6. The monoisotopic (exact) mass is 211 g/mol. The van der Waals surface area contributed by atoms with E-state index < -0.39 is 24.5 Å². The zero-order valence-electron chi connectivity index (χ0n) is 7.55. The molecule has 3 nitrogen and oxygen atoms in total. The van der Waals surface area contributed by atoms with E-state index in [4.69, 9.17) is 5.11 Å². The summed E-state index contributed by atoms with van der Waals surface area (Å²) in [7, 11) is 0. The number of likely N-dealkylation sites (tertiary alicyclic amines) is 1. The lowest BCUT2D eigenvalue weighted by Crippen LogP contribution is -2.39. The maximum atomic E-state index is 11.9. The van der Waals surface area contributed by atoms with Gasteiger partial charge >= 0.3 is 6.18 Å². The normalized spacial score (nSPS) is 22.9. The second kappa shape index (κ2) is 4.16. The highest BCUT2D eigenvalue weighted by Gasteiger charge is 2.36. The fraction of sp³-hybridized carbons (Fsp3) is 0.875. The molecule has 1 rings (SSSR count). The molecular formula is C8H12F3NO2. The molecule has 1 amide bonds. The van der Waals surface area contributed by atoms with Crippen LogP contribution in [0.4, 0.5) is 13.2 Å². The van der Waals surface area contributed by atoms with E-state index in [1.165, 1.54) is 0 Å². The lowest BCUT2D eigenvalue weighted by Gasteiger charge is -2.23. The summed E-state index contributed by atoms with van der Waals surface area (Å²) in [5.74, 6) is -0.936. The maximum absolute atomic E-state index is 11.9. The molecule has 1 fully saturated rings. The number of carbonyl (C=O) groups excluding carboxylic acids is 1. The van der Waals surface area contributed by atoms with Crippen LogP contribution in [-0.2, 0) is 4.79 Å². The smallest absolute Gasteiger partial charge is 0.394 e. The van der Waals surface area contributed by atoms with E-state index in [2.05, 4.69) is 0 Å². The standard InChI is InChI=1S/C8H12F3NO2/c9-8(10,11)4-7(14)12-3-1-2-6(12)5-13/h6,13H,1-5H2. The van der Waals surface area contributed by atoms with Crippen molar-refractivity contribution in [2.75, 3.05) is 13.2 Å². The molecule has 0 aromatic heterocycles. The van der Waals surface area contributed by atoms with Crippen molar-refractivity contribution in [3.63, 3.8) is 0 Å². The average molecular weight is 211 g/mol. The van der Waals surface area contributed by atoms with Gasteiger partial charge in [-0.2, -0.15) is 13.2 Å². The van der Waals surface area contributed by atoms with Crippen molar-refractivity contribution in [1.29, 1.82) is 0 Å². The molecule has 1 N–H and O–H groups in total. The lowest BCUT2D eigenvalue weighted by molar-refractivity contribution is -0.162. The first kappa shape index (κ1) is 11.3. The molecule has 0 radical (unpaired) electrons. The Bertz CT molecular complexity index is 217. The van der Waals surface area contributed by atoms with Crippen LogP contribution in [0, 0.1) is 0 Å². The van der Waals surface area contributed by atoms with Gasteiger partial charge in [-0.05, 0) is 12.8 Å². The molecule has 1 saturated heterocycles. The van der Waals surface area contributed by atoms with Crippen molar-refractivity contribution in [2.45, 2.75) is 31.5 Å². The van der Waals surface area contributed by atoms with Crippen LogP contribution in [0.2, 0.25) is 0 Å². The molecule has 14 heavy (non-hydrogen) atoms. The number of rotatable bonds is 2. The number of nitrogens with zero attached hydrogens (tertiary/aromatic N) is 1. The summed E-state index contributed by atoms with van der Waals surface area (Å²) in [5, 5.41) is 8.81. The van der Waals surface area contributed by atoms with E-state index in [9.17, 15) is 18.0 Å². The minimum atomic E-state index is -4.46. The molecular weight excluding hydrogens is 199 g/mol. The predicted octanol–water partition coefficient (Wildman–Crippen LogP) is 0.922. The molecule has 82 valence electrons. The van der Waals surface area contributed by atoms with Crippen molar-refractivity contribution in [3.8, 4) is 0 Å². The molecule has 0 aromatic carbocycles. The van der Waals surface area contributed by atoms with Gasteiger partial charge in [0.1, 0.15) is 6.42 Å². The van der Waals surface area contributed by atoms with Gasteiger partial charge in [0, 0.05) is 6.54 Å². The van der Waals surface area contributed by atoms with Gasteiger partial charge < -0.3 is 10.0 Å². The Hall–Kier alpha value is -0.780. The van der Waals surface area contributed by atoms with Crippen molar-refractivity contribution < 1.29 is 23.1 Å². The van der Waals surface area contributed by atoms with Crippen LogP contribution in [0.5, 0.6) is 0 Å². The number of halogens is 3. The number of hydrogen-bond donors (Lipinski definition) is 1. The van der Waals surface area contributed by atoms with Gasteiger partial charge in [-0.1, -0.05) is 0 Å². The van der Waals surface area contributed by atoms with Gasteiger partial charge in [0.15, 0.2) is 0 Å². The Labute approximate surface area is 79.5 Å². The van der Waals surface area contributed by atoms with Gasteiger partial charge in [0.25, 0.3) is 0 Å². The second-order valence-electron chi connectivity index (χ2n) is 3.36. The molecule has 0 saturated carbocycles. The molecule has 1 aliphatic heterocycles. The van der Waals surface area contributed by atoms with E-state index in [-0.39, 0.29) is 6.61 Å². The van der Waals surface area contributed by atoms with Crippen LogP contribution in [0.3, 0.4) is 0 Å². The largest absolute Gasteiger partial charge is 0.397 e. The third-order valence-corrected chi connectivity index (χ3v) is 2.26. The van der Waals surface area contributed by atoms with Gasteiger partial charge in [-0.25, -0.2) is 0 Å². The van der Waals surface area contributed by atoms with E-state index in [0.717, 1.165) is 4.90 Å². The van der Waals surface area contributed by atoms with E-state index in [1.807, 2.05) is 0 Å². The zero-order chi connectivity index (χ0) is 10.8. The number of hydrogen-bond acceptors (Lipinski definition) is 2. The summed E-state index contributed by atoms with van der Waals surface area (Å²) in [6.07, 6.45) is -4.64. The Morgan fingerprint density at radius 1 is 1.50 bits per heavy atom.